The van der Waals surface area contributed by atoms with Gasteiger partial charge in [0.25, 0.3) is 0 Å². The molecule has 5 nitrogen and oxygen atoms in total. The van der Waals surface area contributed by atoms with Crippen molar-refractivity contribution in [1.82, 2.24) is 14.8 Å². The van der Waals surface area contributed by atoms with Gasteiger partial charge in [-0.2, -0.15) is 5.10 Å². The Hall–Kier alpha value is -3.08. The first kappa shape index (κ1) is 14.8. The van der Waals surface area contributed by atoms with E-state index in [0.717, 1.165) is 11.3 Å². The Morgan fingerprint density at radius 3 is 2.48 bits per heavy atom. The van der Waals surface area contributed by atoms with Crippen molar-refractivity contribution in [3.63, 3.8) is 0 Å². The molecule has 3 rings (SSSR count). The topological polar surface area (TPSA) is 60.2 Å². The first-order chi connectivity index (χ1) is 11.2. The zero-order valence-electron chi connectivity index (χ0n) is 13.0. The van der Waals surface area contributed by atoms with Crippen LogP contribution in [0.3, 0.4) is 0 Å². The molecule has 0 aliphatic carbocycles. The average Bonchev–Trinajstić information content (AvgIpc) is 2.94. The maximum atomic E-state index is 9.94. The summed E-state index contributed by atoms with van der Waals surface area (Å²) in [5, 5.41) is 14.3. The summed E-state index contributed by atoms with van der Waals surface area (Å²) in [6.07, 6.45) is 3.77. The Morgan fingerprint density at radius 2 is 1.78 bits per heavy atom. The molecule has 116 valence electrons. The Balaban J connectivity index is 1.86. The van der Waals surface area contributed by atoms with Gasteiger partial charge >= 0.3 is 0 Å². The molecule has 1 aromatic heterocycles. The molecule has 0 radical (unpaired) electrons. The first-order valence-corrected chi connectivity index (χ1v) is 7.19. The molecule has 1 heterocycles. The molecule has 0 aliphatic rings. The molecule has 0 atom stereocenters. The number of rotatable bonds is 4. The van der Waals surface area contributed by atoms with Crippen molar-refractivity contribution in [3.05, 3.63) is 59.9 Å². The fourth-order valence-corrected chi connectivity index (χ4v) is 2.26. The van der Waals surface area contributed by atoms with Crippen LogP contribution >= 0.6 is 0 Å². The van der Waals surface area contributed by atoms with Crippen LogP contribution in [0.2, 0.25) is 0 Å². The number of phenols is 1. The molecular weight excluding hydrogens is 290 g/mol. The van der Waals surface area contributed by atoms with Gasteiger partial charge in [0.2, 0.25) is 0 Å². The van der Waals surface area contributed by atoms with Gasteiger partial charge in [-0.1, -0.05) is 30.3 Å². The maximum absolute atomic E-state index is 9.94. The summed E-state index contributed by atoms with van der Waals surface area (Å²) in [6, 6.07) is 14.8. The largest absolute Gasteiger partial charge is 0.507 e. The second kappa shape index (κ2) is 6.36. The Morgan fingerprint density at radius 1 is 1.04 bits per heavy atom. The lowest BCUT2D eigenvalue weighted by molar-refractivity contribution is 0.415. The van der Waals surface area contributed by atoms with Crippen LogP contribution in [-0.4, -0.2) is 27.0 Å². The molecule has 0 fully saturated rings. The summed E-state index contributed by atoms with van der Waals surface area (Å²) in [5.74, 6) is 2.22. The third kappa shape index (κ3) is 3.23. The van der Waals surface area contributed by atoms with Gasteiger partial charge in [-0.15, -0.1) is 0 Å². The smallest absolute Gasteiger partial charge is 0.174 e. The standard InChI is InChI=1S/C18H17N3O2/c1-21-18(15-5-3-4-6-16(15)22)19-17(20-21)12-9-13-7-10-14(23-2)11-8-13/h3-12,22H,1-2H3/b12-9+. The third-order valence-electron chi connectivity index (χ3n) is 3.47. The lowest BCUT2D eigenvalue weighted by atomic mass is 10.2. The molecule has 0 saturated heterocycles. The van der Waals surface area contributed by atoms with Gasteiger partial charge in [-0.3, -0.25) is 0 Å². The molecule has 3 aromatic rings. The van der Waals surface area contributed by atoms with Crippen LogP contribution in [-0.2, 0) is 7.05 Å². The number of para-hydroxylation sites is 1. The second-order valence-corrected chi connectivity index (χ2v) is 5.04. The number of ether oxygens (including phenoxy) is 1. The zero-order chi connectivity index (χ0) is 16.2. The van der Waals surface area contributed by atoms with Gasteiger partial charge < -0.3 is 9.84 Å². The maximum Gasteiger partial charge on any atom is 0.174 e. The summed E-state index contributed by atoms with van der Waals surface area (Å²) in [5.41, 5.74) is 1.69. The van der Waals surface area contributed by atoms with Crippen molar-refractivity contribution in [2.45, 2.75) is 0 Å². The van der Waals surface area contributed by atoms with Gasteiger partial charge in [0, 0.05) is 7.05 Å². The minimum Gasteiger partial charge on any atom is -0.507 e. The predicted octanol–water partition coefficient (Wildman–Crippen LogP) is 3.37. The second-order valence-electron chi connectivity index (χ2n) is 5.04. The molecule has 0 aliphatic heterocycles. The van der Waals surface area contributed by atoms with Crippen molar-refractivity contribution in [3.8, 4) is 22.9 Å². The molecule has 0 unspecified atom stereocenters. The van der Waals surface area contributed by atoms with Crippen molar-refractivity contribution < 1.29 is 9.84 Å². The molecular formula is C18H17N3O2. The molecule has 0 saturated carbocycles. The van der Waals surface area contributed by atoms with Crippen LogP contribution in [0.5, 0.6) is 11.5 Å². The van der Waals surface area contributed by atoms with Gasteiger partial charge in [0.15, 0.2) is 11.6 Å². The van der Waals surface area contributed by atoms with E-state index in [0.29, 0.717) is 17.2 Å². The number of phenolic OH excluding ortho intramolecular Hbond substituents is 1. The minimum absolute atomic E-state index is 0.189. The van der Waals surface area contributed by atoms with E-state index in [2.05, 4.69) is 10.1 Å². The lowest BCUT2D eigenvalue weighted by Gasteiger charge is -2.01. The molecule has 5 heteroatoms. The van der Waals surface area contributed by atoms with E-state index in [4.69, 9.17) is 4.74 Å². The normalized spacial score (nSPS) is 11.0. The van der Waals surface area contributed by atoms with E-state index in [1.54, 1.807) is 31.0 Å². The number of benzene rings is 2. The highest BCUT2D eigenvalue weighted by Crippen LogP contribution is 2.26. The zero-order valence-corrected chi connectivity index (χ0v) is 13.0. The summed E-state index contributed by atoms with van der Waals surface area (Å²) in [6.45, 7) is 0. The van der Waals surface area contributed by atoms with Gasteiger partial charge in [-0.25, -0.2) is 9.67 Å². The van der Waals surface area contributed by atoms with E-state index in [1.165, 1.54) is 0 Å². The fraction of sp³-hybridized carbons (Fsp3) is 0.111. The third-order valence-corrected chi connectivity index (χ3v) is 3.47. The van der Waals surface area contributed by atoms with Crippen LogP contribution in [0.1, 0.15) is 11.4 Å². The van der Waals surface area contributed by atoms with Crippen LogP contribution in [0, 0.1) is 0 Å². The number of aryl methyl sites for hydroxylation is 1. The number of methoxy groups -OCH3 is 1. The molecule has 2 aromatic carbocycles. The van der Waals surface area contributed by atoms with Gasteiger partial charge in [-0.05, 0) is 35.9 Å². The van der Waals surface area contributed by atoms with Crippen LogP contribution < -0.4 is 4.74 Å². The van der Waals surface area contributed by atoms with Crippen molar-refractivity contribution in [1.29, 1.82) is 0 Å². The number of hydrogen-bond donors (Lipinski definition) is 1. The quantitative estimate of drug-likeness (QED) is 0.803. The van der Waals surface area contributed by atoms with E-state index in [1.807, 2.05) is 48.6 Å². The number of aromatic nitrogens is 3. The summed E-state index contributed by atoms with van der Waals surface area (Å²) in [7, 11) is 3.45. The van der Waals surface area contributed by atoms with Crippen LogP contribution in [0.4, 0.5) is 0 Å². The van der Waals surface area contributed by atoms with Crippen LogP contribution in [0.25, 0.3) is 23.5 Å². The number of nitrogens with zero attached hydrogens (tertiary/aromatic N) is 3. The van der Waals surface area contributed by atoms with Crippen LogP contribution in [0.15, 0.2) is 48.5 Å². The molecule has 0 bridgehead atoms. The van der Waals surface area contributed by atoms with Gasteiger partial charge in [0.05, 0.1) is 12.7 Å². The highest BCUT2D eigenvalue weighted by atomic mass is 16.5. The van der Waals surface area contributed by atoms with E-state index in [-0.39, 0.29) is 5.75 Å². The van der Waals surface area contributed by atoms with Crippen molar-refractivity contribution >= 4 is 12.2 Å². The Bertz CT molecular complexity index is 836. The minimum atomic E-state index is 0.189. The van der Waals surface area contributed by atoms with Crippen molar-refractivity contribution in [2.75, 3.05) is 7.11 Å². The SMILES string of the molecule is COc1ccc(/C=C/c2nc(-c3ccccc3O)n(C)n2)cc1. The average molecular weight is 307 g/mol. The highest BCUT2D eigenvalue weighted by Gasteiger charge is 2.11. The Labute approximate surface area is 134 Å². The number of hydrogen-bond acceptors (Lipinski definition) is 4. The van der Waals surface area contributed by atoms with Crippen molar-refractivity contribution in [2.24, 2.45) is 7.05 Å². The number of aromatic hydroxyl groups is 1. The monoisotopic (exact) mass is 307 g/mol. The molecule has 1 N–H and O–H groups in total. The Kier molecular flexibility index (Phi) is 4.10. The summed E-state index contributed by atoms with van der Waals surface area (Å²) >= 11 is 0. The predicted molar refractivity (Wildman–Crippen MR) is 90.0 cm³/mol. The van der Waals surface area contributed by atoms with E-state index < -0.39 is 0 Å². The molecule has 0 spiro atoms. The van der Waals surface area contributed by atoms with E-state index >= 15 is 0 Å². The van der Waals surface area contributed by atoms with Gasteiger partial charge in [0.1, 0.15) is 11.5 Å². The summed E-state index contributed by atoms with van der Waals surface area (Å²) < 4.78 is 6.79. The fourth-order valence-electron chi connectivity index (χ4n) is 2.26. The first-order valence-electron chi connectivity index (χ1n) is 7.19. The highest BCUT2D eigenvalue weighted by molar-refractivity contribution is 5.69. The molecule has 0 amide bonds. The molecule has 23 heavy (non-hydrogen) atoms. The lowest BCUT2D eigenvalue weighted by Crippen LogP contribution is -1.94. The summed E-state index contributed by atoms with van der Waals surface area (Å²) in [4.78, 5) is 4.47. The van der Waals surface area contributed by atoms with E-state index in [9.17, 15) is 5.11 Å².